The number of nitrogens with two attached hydrogens (primary N) is 1. The van der Waals surface area contributed by atoms with E-state index in [-0.39, 0.29) is 0 Å². The van der Waals surface area contributed by atoms with E-state index in [0.717, 1.165) is 25.5 Å². The summed E-state index contributed by atoms with van der Waals surface area (Å²) in [6.45, 7) is 0.736. The van der Waals surface area contributed by atoms with Crippen molar-refractivity contribution in [3.63, 3.8) is 0 Å². The summed E-state index contributed by atoms with van der Waals surface area (Å²) in [6, 6.07) is 4.44. The van der Waals surface area contributed by atoms with E-state index in [0.29, 0.717) is 24.1 Å². The molecule has 0 amide bonds. The van der Waals surface area contributed by atoms with Crippen LogP contribution in [0.3, 0.4) is 0 Å². The Labute approximate surface area is 93.8 Å². The summed E-state index contributed by atoms with van der Waals surface area (Å²) in [5.74, 6) is -1.03. The minimum atomic E-state index is -0.513. The molecule has 2 rings (SSSR count). The van der Waals surface area contributed by atoms with Gasteiger partial charge in [0, 0.05) is 18.2 Å². The van der Waals surface area contributed by atoms with Crippen molar-refractivity contribution in [3.05, 3.63) is 35.4 Å². The van der Waals surface area contributed by atoms with Crippen LogP contribution in [0.25, 0.3) is 0 Å². The standard InChI is InChI=1S/C12H16F2N2/c13-9-3-8(4-10(14)5-9)1-2-16-12-6-11(15)7-12/h3-5,11-12,16H,1-2,6-7,15H2. The molecule has 0 aromatic heterocycles. The zero-order chi connectivity index (χ0) is 11.5. The first-order valence-electron chi connectivity index (χ1n) is 5.57. The molecule has 0 spiro atoms. The second kappa shape index (κ2) is 4.89. The van der Waals surface area contributed by atoms with Gasteiger partial charge in [0.2, 0.25) is 0 Å². The first-order chi connectivity index (χ1) is 7.63. The maximum absolute atomic E-state index is 12.9. The second-order valence-electron chi connectivity index (χ2n) is 4.41. The fourth-order valence-electron chi connectivity index (χ4n) is 2.00. The fraction of sp³-hybridized carbons (Fsp3) is 0.500. The minimum absolute atomic E-state index is 0.323. The van der Waals surface area contributed by atoms with Crippen LogP contribution in [0.15, 0.2) is 18.2 Å². The number of hydrogen-bond acceptors (Lipinski definition) is 2. The molecule has 1 fully saturated rings. The maximum atomic E-state index is 12.9. The number of halogens is 2. The molecule has 0 saturated heterocycles. The molecule has 88 valence electrons. The van der Waals surface area contributed by atoms with Crippen molar-refractivity contribution in [1.82, 2.24) is 5.32 Å². The predicted octanol–water partition coefficient (Wildman–Crippen LogP) is 1.59. The maximum Gasteiger partial charge on any atom is 0.126 e. The zero-order valence-electron chi connectivity index (χ0n) is 9.05. The topological polar surface area (TPSA) is 38.0 Å². The number of nitrogens with one attached hydrogen (secondary N) is 1. The van der Waals surface area contributed by atoms with Crippen LogP contribution in [0.5, 0.6) is 0 Å². The number of hydrogen-bond donors (Lipinski definition) is 2. The molecule has 0 bridgehead atoms. The molecule has 16 heavy (non-hydrogen) atoms. The molecule has 1 aliphatic rings. The third-order valence-corrected chi connectivity index (χ3v) is 2.94. The summed E-state index contributed by atoms with van der Waals surface area (Å²) in [5, 5.41) is 3.31. The van der Waals surface area contributed by atoms with E-state index in [1.807, 2.05) is 0 Å². The lowest BCUT2D eigenvalue weighted by atomic mass is 9.87. The van der Waals surface area contributed by atoms with E-state index in [2.05, 4.69) is 5.32 Å². The average molecular weight is 226 g/mol. The molecule has 3 N–H and O–H groups in total. The van der Waals surface area contributed by atoms with Gasteiger partial charge < -0.3 is 11.1 Å². The van der Waals surface area contributed by atoms with Crippen molar-refractivity contribution < 1.29 is 8.78 Å². The lowest BCUT2D eigenvalue weighted by Gasteiger charge is -2.33. The molecule has 4 heteroatoms. The molecular weight excluding hydrogens is 210 g/mol. The van der Waals surface area contributed by atoms with E-state index < -0.39 is 11.6 Å². The largest absolute Gasteiger partial charge is 0.328 e. The summed E-state index contributed by atoms with van der Waals surface area (Å²) in [4.78, 5) is 0. The fourth-order valence-corrected chi connectivity index (χ4v) is 2.00. The summed E-state index contributed by atoms with van der Waals surface area (Å²) in [5.41, 5.74) is 6.34. The summed E-state index contributed by atoms with van der Waals surface area (Å²) in [7, 11) is 0. The minimum Gasteiger partial charge on any atom is -0.328 e. The van der Waals surface area contributed by atoms with Crippen LogP contribution in [-0.2, 0) is 6.42 Å². The van der Waals surface area contributed by atoms with Gasteiger partial charge in [0.15, 0.2) is 0 Å². The summed E-state index contributed by atoms with van der Waals surface area (Å²) < 4.78 is 25.7. The van der Waals surface area contributed by atoms with Gasteiger partial charge in [-0.1, -0.05) is 0 Å². The Hall–Kier alpha value is -1.00. The van der Waals surface area contributed by atoms with Gasteiger partial charge in [0.25, 0.3) is 0 Å². The van der Waals surface area contributed by atoms with Gasteiger partial charge in [0.05, 0.1) is 0 Å². The third-order valence-electron chi connectivity index (χ3n) is 2.94. The monoisotopic (exact) mass is 226 g/mol. The molecular formula is C12H16F2N2. The van der Waals surface area contributed by atoms with Crippen molar-refractivity contribution in [2.75, 3.05) is 6.54 Å². The Kier molecular flexibility index (Phi) is 3.51. The Morgan fingerprint density at radius 1 is 1.19 bits per heavy atom. The summed E-state index contributed by atoms with van der Waals surface area (Å²) in [6.07, 6.45) is 2.63. The Balaban J connectivity index is 1.76. The molecule has 1 saturated carbocycles. The van der Waals surface area contributed by atoms with Gasteiger partial charge in [-0.3, -0.25) is 0 Å². The number of rotatable bonds is 4. The van der Waals surface area contributed by atoms with Crippen LogP contribution in [0, 0.1) is 11.6 Å². The quantitative estimate of drug-likeness (QED) is 0.818. The molecule has 0 heterocycles. The highest BCUT2D eigenvalue weighted by Crippen LogP contribution is 2.17. The van der Waals surface area contributed by atoms with Crippen molar-refractivity contribution >= 4 is 0 Å². The number of benzene rings is 1. The highest BCUT2D eigenvalue weighted by atomic mass is 19.1. The van der Waals surface area contributed by atoms with Gasteiger partial charge >= 0.3 is 0 Å². The van der Waals surface area contributed by atoms with Crippen LogP contribution < -0.4 is 11.1 Å². The molecule has 2 nitrogen and oxygen atoms in total. The van der Waals surface area contributed by atoms with Crippen LogP contribution >= 0.6 is 0 Å². The molecule has 0 radical (unpaired) electrons. The van der Waals surface area contributed by atoms with Crippen molar-refractivity contribution in [2.24, 2.45) is 5.73 Å². The third kappa shape index (κ3) is 3.00. The van der Waals surface area contributed by atoms with Crippen LogP contribution in [-0.4, -0.2) is 18.6 Å². The molecule has 0 aliphatic heterocycles. The van der Waals surface area contributed by atoms with Crippen LogP contribution in [0.2, 0.25) is 0 Å². The van der Waals surface area contributed by atoms with Crippen molar-refractivity contribution in [3.8, 4) is 0 Å². The highest BCUT2D eigenvalue weighted by Gasteiger charge is 2.24. The second-order valence-corrected chi connectivity index (χ2v) is 4.41. The lowest BCUT2D eigenvalue weighted by molar-refractivity contribution is 0.294. The van der Waals surface area contributed by atoms with E-state index in [1.165, 1.54) is 12.1 Å². The van der Waals surface area contributed by atoms with Gasteiger partial charge in [0.1, 0.15) is 11.6 Å². The Bertz CT molecular complexity index is 342. The summed E-state index contributed by atoms with van der Waals surface area (Å²) >= 11 is 0. The normalized spacial score (nSPS) is 24.2. The highest BCUT2D eigenvalue weighted by molar-refractivity contribution is 5.18. The molecule has 0 atom stereocenters. The first-order valence-corrected chi connectivity index (χ1v) is 5.57. The lowest BCUT2D eigenvalue weighted by Crippen LogP contribution is -2.48. The molecule has 1 aromatic carbocycles. The predicted molar refractivity (Wildman–Crippen MR) is 59.1 cm³/mol. The van der Waals surface area contributed by atoms with Crippen LogP contribution in [0.4, 0.5) is 8.78 Å². The van der Waals surface area contributed by atoms with Gasteiger partial charge in [-0.2, -0.15) is 0 Å². The van der Waals surface area contributed by atoms with Crippen molar-refractivity contribution in [1.29, 1.82) is 0 Å². The van der Waals surface area contributed by atoms with E-state index in [4.69, 9.17) is 5.73 Å². The van der Waals surface area contributed by atoms with Gasteiger partial charge in [-0.25, -0.2) is 8.78 Å². The SMILES string of the molecule is NC1CC(NCCc2cc(F)cc(F)c2)C1. The first kappa shape index (κ1) is 11.5. The van der Waals surface area contributed by atoms with Gasteiger partial charge in [-0.05, 0) is 43.5 Å². The molecule has 1 aliphatic carbocycles. The Morgan fingerprint density at radius 3 is 2.38 bits per heavy atom. The average Bonchev–Trinajstić information content (AvgIpc) is 2.13. The smallest absolute Gasteiger partial charge is 0.126 e. The van der Waals surface area contributed by atoms with E-state index in [1.54, 1.807) is 0 Å². The van der Waals surface area contributed by atoms with Crippen molar-refractivity contribution in [2.45, 2.75) is 31.3 Å². The molecule has 0 unspecified atom stereocenters. The van der Waals surface area contributed by atoms with Crippen LogP contribution in [0.1, 0.15) is 18.4 Å². The van der Waals surface area contributed by atoms with Gasteiger partial charge in [-0.15, -0.1) is 0 Å². The Morgan fingerprint density at radius 2 is 1.81 bits per heavy atom. The molecule has 1 aromatic rings. The van der Waals surface area contributed by atoms with E-state index in [9.17, 15) is 8.78 Å². The zero-order valence-corrected chi connectivity index (χ0v) is 9.05. The van der Waals surface area contributed by atoms with E-state index >= 15 is 0 Å².